The van der Waals surface area contributed by atoms with Gasteiger partial charge in [-0.2, -0.15) is 0 Å². The number of benzene rings is 3. The van der Waals surface area contributed by atoms with Crippen LogP contribution in [0.3, 0.4) is 0 Å². The first kappa shape index (κ1) is 15.6. The molecular weight excluding hydrogens is 338 g/mol. The number of hydrogen-bond donors (Lipinski definition) is 0. The maximum Gasteiger partial charge on any atom is 0.262 e. The van der Waals surface area contributed by atoms with Crippen LogP contribution >= 0.6 is 0 Å². The highest BCUT2D eigenvalue weighted by atomic mass is 16.3. The van der Waals surface area contributed by atoms with Crippen molar-refractivity contribution in [3.63, 3.8) is 0 Å². The second kappa shape index (κ2) is 5.95. The molecule has 0 atom stereocenters. The van der Waals surface area contributed by atoms with Gasteiger partial charge in [0.05, 0.1) is 23.9 Å². The van der Waals surface area contributed by atoms with Gasteiger partial charge in [0.25, 0.3) is 11.8 Å². The average Bonchev–Trinajstić information content (AvgIpc) is 3.30. The van der Waals surface area contributed by atoms with Crippen LogP contribution in [0, 0.1) is 0 Å². The molecule has 4 nitrogen and oxygen atoms in total. The zero-order valence-corrected chi connectivity index (χ0v) is 14.4. The lowest BCUT2D eigenvalue weighted by atomic mass is 9.90. The predicted molar refractivity (Wildman–Crippen MR) is 102 cm³/mol. The fraction of sp³-hybridized carbons (Fsp3) is 0.0435. The Balaban J connectivity index is 1.76. The molecule has 27 heavy (non-hydrogen) atoms. The molecule has 0 N–H and O–H groups in total. The van der Waals surface area contributed by atoms with Crippen molar-refractivity contribution in [1.29, 1.82) is 0 Å². The van der Waals surface area contributed by atoms with E-state index in [4.69, 9.17) is 4.42 Å². The molecule has 2 amide bonds. The van der Waals surface area contributed by atoms with Crippen LogP contribution in [0.2, 0.25) is 0 Å². The topological polar surface area (TPSA) is 50.5 Å². The summed E-state index contributed by atoms with van der Waals surface area (Å²) in [6, 6.07) is 22.9. The van der Waals surface area contributed by atoms with Crippen molar-refractivity contribution < 1.29 is 14.0 Å². The highest BCUT2D eigenvalue weighted by molar-refractivity contribution is 6.27. The number of fused-ring (bicyclic) bond motifs is 2. The van der Waals surface area contributed by atoms with Gasteiger partial charge in [-0.15, -0.1) is 0 Å². The summed E-state index contributed by atoms with van der Waals surface area (Å²) in [5.41, 5.74) is 2.65. The molecule has 4 aromatic rings. The number of carbonyl (C=O) groups is 2. The molecule has 0 bridgehead atoms. The van der Waals surface area contributed by atoms with Crippen molar-refractivity contribution in [1.82, 2.24) is 4.90 Å². The second-order valence-electron chi connectivity index (χ2n) is 6.54. The Hall–Kier alpha value is -3.66. The van der Waals surface area contributed by atoms with Gasteiger partial charge in [-0.05, 0) is 34.5 Å². The molecule has 0 spiro atoms. The van der Waals surface area contributed by atoms with Crippen LogP contribution in [0.15, 0.2) is 83.5 Å². The number of furan rings is 1. The minimum Gasteiger partial charge on any atom is -0.467 e. The molecule has 0 aliphatic carbocycles. The van der Waals surface area contributed by atoms with Crippen LogP contribution < -0.4 is 0 Å². The highest BCUT2D eigenvalue weighted by Crippen LogP contribution is 2.39. The zero-order chi connectivity index (χ0) is 18.4. The minimum atomic E-state index is -0.283. The van der Waals surface area contributed by atoms with Gasteiger partial charge in [0.1, 0.15) is 5.76 Å². The van der Waals surface area contributed by atoms with E-state index in [0.29, 0.717) is 16.9 Å². The minimum absolute atomic E-state index is 0.129. The van der Waals surface area contributed by atoms with E-state index in [1.54, 1.807) is 12.1 Å². The number of nitrogens with zero attached hydrogens (tertiary/aromatic N) is 1. The maximum absolute atomic E-state index is 13.2. The van der Waals surface area contributed by atoms with E-state index in [-0.39, 0.29) is 18.4 Å². The number of imide groups is 1. The van der Waals surface area contributed by atoms with Crippen LogP contribution in [0.25, 0.3) is 21.9 Å². The van der Waals surface area contributed by atoms with Crippen molar-refractivity contribution in [3.05, 3.63) is 95.9 Å². The predicted octanol–water partition coefficient (Wildman–Crippen LogP) is 4.90. The summed E-state index contributed by atoms with van der Waals surface area (Å²) in [6.07, 6.45) is 1.54. The summed E-state index contributed by atoms with van der Waals surface area (Å²) < 4.78 is 5.34. The fourth-order valence-corrected chi connectivity index (χ4v) is 3.72. The van der Waals surface area contributed by atoms with E-state index < -0.39 is 0 Å². The smallest absolute Gasteiger partial charge is 0.262 e. The van der Waals surface area contributed by atoms with E-state index >= 15 is 0 Å². The molecule has 1 aromatic heterocycles. The van der Waals surface area contributed by atoms with Crippen LogP contribution in [0.5, 0.6) is 0 Å². The molecular formula is C23H15NO3. The number of hydrogen-bond acceptors (Lipinski definition) is 3. The summed E-state index contributed by atoms with van der Waals surface area (Å²) in [7, 11) is 0. The van der Waals surface area contributed by atoms with Gasteiger partial charge >= 0.3 is 0 Å². The third-order valence-electron chi connectivity index (χ3n) is 4.94. The van der Waals surface area contributed by atoms with Crippen molar-refractivity contribution in [2.24, 2.45) is 0 Å². The van der Waals surface area contributed by atoms with Crippen molar-refractivity contribution in [3.8, 4) is 11.1 Å². The van der Waals surface area contributed by atoms with Crippen LogP contribution in [-0.4, -0.2) is 16.7 Å². The quantitative estimate of drug-likeness (QED) is 0.493. The Morgan fingerprint density at radius 3 is 2.33 bits per heavy atom. The zero-order valence-electron chi connectivity index (χ0n) is 14.4. The lowest BCUT2D eigenvalue weighted by Gasteiger charge is -2.13. The normalized spacial score (nSPS) is 13.4. The molecule has 0 saturated carbocycles. The lowest BCUT2D eigenvalue weighted by Crippen LogP contribution is -2.28. The SMILES string of the molecule is O=C1c2cc3ccccc3c(-c3ccccc3)c2C(=O)N1Cc1ccco1. The number of rotatable bonds is 3. The van der Waals surface area contributed by atoms with Gasteiger partial charge in [0, 0.05) is 5.56 Å². The third-order valence-corrected chi connectivity index (χ3v) is 4.94. The van der Waals surface area contributed by atoms with Gasteiger partial charge < -0.3 is 4.42 Å². The van der Waals surface area contributed by atoms with E-state index in [2.05, 4.69) is 0 Å². The molecule has 1 aliphatic heterocycles. The Bertz CT molecular complexity index is 1180. The molecule has 3 aromatic carbocycles. The van der Waals surface area contributed by atoms with E-state index in [0.717, 1.165) is 21.9 Å². The Kier molecular flexibility index (Phi) is 3.44. The molecule has 0 saturated heterocycles. The molecule has 0 unspecified atom stereocenters. The van der Waals surface area contributed by atoms with Crippen LogP contribution in [0.4, 0.5) is 0 Å². The molecule has 0 fully saturated rings. The number of carbonyl (C=O) groups excluding carboxylic acids is 2. The number of amides is 2. The van der Waals surface area contributed by atoms with Crippen molar-refractivity contribution in [2.45, 2.75) is 6.54 Å². The molecule has 1 aliphatic rings. The standard InChI is InChI=1S/C23H15NO3/c25-22-19-13-16-9-4-5-11-18(16)20(15-7-2-1-3-8-15)21(19)23(26)24(22)14-17-10-6-12-27-17/h1-13H,14H2. The molecule has 5 rings (SSSR count). The monoisotopic (exact) mass is 353 g/mol. The summed E-state index contributed by atoms with van der Waals surface area (Å²) >= 11 is 0. The molecule has 4 heteroatoms. The van der Waals surface area contributed by atoms with E-state index in [1.807, 2.05) is 60.7 Å². The van der Waals surface area contributed by atoms with Gasteiger partial charge in [0.2, 0.25) is 0 Å². The maximum atomic E-state index is 13.2. The van der Waals surface area contributed by atoms with E-state index in [1.165, 1.54) is 11.2 Å². The third kappa shape index (κ3) is 2.38. The summed E-state index contributed by atoms with van der Waals surface area (Å²) in [5.74, 6) is 0.0145. The van der Waals surface area contributed by atoms with Gasteiger partial charge in [-0.25, -0.2) is 0 Å². The Labute approximate surface area is 155 Å². The fourth-order valence-electron chi connectivity index (χ4n) is 3.72. The first-order valence-electron chi connectivity index (χ1n) is 8.74. The van der Waals surface area contributed by atoms with Crippen LogP contribution in [0.1, 0.15) is 26.5 Å². The van der Waals surface area contributed by atoms with Gasteiger partial charge in [0.15, 0.2) is 0 Å². The largest absolute Gasteiger partial charge is 0.467 e. The molecule has 2 heterocycles. The Morgan fingerprint density at radius 2 is 1.56 bits per heavy atom. The summed E-state index contributed by atoms with van der Waals surface area (Å²) in [5, 5.41) is 1.90. The van der Waals surface area contributed by atoms with Gasteiger partial charge in [-0.3, -0.25) is 14.5 Å². The highest BCUT2D eigenvalue weighted by Gasteiger charge is 2.39. The Morgan fingerprint density at radius 1 is 0.778 bits per heavy atom. The van der Waals surface area contributed by atoms with Crippen molar-refractivity contribution in [2.75, 3.05) is 0 Å². The summed E-state index contributed by atoms with van der Waals surface area (Å²) in [4.78, 5) is 27.5. The molecule has 130 valence electrons. The molecule has 0 radical (unpaired) electrons. The lowest BCUT2D eigenvalue weighted by molar-refractivity contribution is 0.0632. The second-order valence-corrected chi connectivity index (χ2v) is 6.54. The van der Waals surface area contributed by atoms with Crippen LogP contribution in [-0.2, 0) is 6.54 Å². The first-order chi connectivity index (χ1) is 13.2. The first-order valence-corrected chi connectivity index (χ1v) is 8.74. The van der Waals surface area contributed by atoms with Crippen molar-refractivity contribution >= 4 is 22.6 Å². The van der Waals surface area contributed by atoms with Gasteiger partial charge in [-0.1, -0.05) is 54.6 Å². The summed E-state index contributed by atoms with van der Waals surface area (Å²) in [6.45, 7) is 0.129. The average molecular weight is 353 g/mol. The van der Waals surface area contributed by atoms with E-state index in [9.17, 15) is 9.59 Å².